The molecule has 2 rings (SSSR count). The summed E-state index contributed by atoms with van der Waals surface area (Å²) in [5.74, 6) is -3.41. The monoisotopic (exact) mass is 312 g/mol. The number of halogens is 4. The molecule has 0 nitrogen and oxygen atoms in total. The maximum Gasteiger partial charge on any atom is 0.194 e. The molecule has 0 aliphatic rings. The average Bonchev–Trinajstić information content (AvgIpc) is 2.44. The van der Waals surface area contributed by atoms with Crippen LogP contribution >= 0.6 is 11.6 Å². The Bertz CT molecular complexity index is 621. The van der Waals surface area contributed by atoms with Crippen LogP contribution in [-0.4, -0.2) is 0 Å². The van der Waals surface area contributed by atoms with Crippen LogP contribution in [0.3, 0.4) is 0 Å². The highest BCUT2D eigenvalue weighted by Gasteiger charge is 2.20. The van der Waals surface area contributed by atoms with E-state index in [2.05, 4.69) is 13.8 Å². The van der Waals surface area contributed by atoms with E-state index in [0.29, 0.717) is 11.5 Å². The fraction of sp³-hybridized carbons (Fsp3) is 0.294. The van der Waals surface area contributed by atoms with Gasteiger partial charge in [-0.25, -0.2) is 13.2 Å². The van der Waals surface area contributed by atoms with E-state index in [9.17, 15) is 13.2 Å². The first kappa shape index (κ1) is 15.9. The fourth-order valence-electron chi connectivity index (χ4n) is 2.21. The van der Waals surface area contributed by atoms with Gasteiger partial charge in [0.15, 0.2) is 17.5 Å². The largest absolute Gasteiger partial charge is 0.204 e. The minimum absolute atomic E-state index is 0.0628. The number of benzene rings is 2. The molecular weight excluding hydrogens is 297 g/mol. The molecule has 1 unspecified atom stereocenters. The van der Waals surface area contributed by atoms with E-state index in [4.69, 9.17) is 11.6 Å². The summed E-state index contributed by atoms with van der Waals surface area (Å²) < 4.78 is 40.0. The van der Waals surface area contributed by atoms with Gasteiger partial charge in [-0.3, -0.25) is 0 Å². The molecule has 2 aromatic carbocycles. The van der Waals surface area contributed by atoms with E-state index in [-0.39, 0.29) is 5.56 Å². The fourth-order valence-corrected chi connectivity index (χ4v) is 2.52. The summed E-state index contributed by atoms with van der Waals surface area (Å²) in [5, 5.41) is -0.854. The first-order valence-corrected chi connectivity index (χ1v) is 7.20. The van der Waals surface area contributed by atoms with E-state index in [1.807, 2.05) is 12.1 Å². The van der Waals surface area contributed by atoms with Crippen LogP contribution in [0.5, 0.6) is 0 Å². The Morgan fingerprint density at radius 2 is 1.52 bits per heavy atom. The summed E-state index contributed by atoms with van der Waals surface area (Å²) in [4.78, 5) is 0. The molecule has 0 radical (unpaired) electrons. The summed E-state index contributed by atoms with van der Waals surface area (Å²) in [6, 6.07) is 9.47. The van der Waals surface area contributed by atoms with Crippen LogP contribution in [-0.2, 0) is 6.42 Å². The molecule has 112 valence electrons. The topological polar surface area (TPSA) is 0 Å². The Labute approximate surface area is 127 Å². The smallest absolute Gasteiger partial charge is 0.194 e. The van der Waals surface area contributed by atoms with Gasteiger partial charge in [-0.1, -0.05) is 44.2 Å². The molecular formula is C17H16ClF3. The molecule has 4 heteroatoms. The quantitative estimate of drug-likeness (QED) is 0.507. The highest BCUT2D eigenvalue weighted by atomic mass is 35.5. The minimum Gasteiger partial charge on any atom is -0.204 e. The Balaban J connectivity index is 2.28. The number of hydrogen-bond acceptors (Lipinski definition) is 0. The molecule has 0 aliphatic heterocycles. The van der Waals surface area contributed by atoms with Crippen LogP contribution in [0.25, 0.3) is 0 Å². The third kappa shape index (κ3) is 3.59. The Morgan fingerprint density at radius 3 is 2.10 bits per heavy atom. The number of hydrogen-bond donors (Lipinski definition) is 0. The third-order valence-corrected chi connectivity index (χ3v) is 3.74. The van der Waals surface area contributed by atoms with Crippen molar-refractivity contribution in [1.82, 2.24) is 0 Å². The Hall–Kier alpha value is -1.48. The molecule has 21 heavy (non-hydrogen) atoms. The summed E-state index contributed by atoms with van der Waals surface area (Å²) >= 11 is 6.19. The van der Waals surface area contributed by atoms with Gasteiger partial charge in [0.05, 0.1) is 5.38 Å². The van der Waals surface area contributed by atoms with E-state index in [1.54, 1.807) is 12.1 Å². The predicted molar refractivity (Wildman–Crippen MR) is 79.0 cm³/mol. The van der Waals surface area contributed by atoms with Gasteiger partial charge in [0.25, 0.3) is 0 Å². The molecule has 0 aromatic heterocycles. The zero-order valence-corrected chi connectivity index (χ0v) is 12.6. The zero-order valence-electron chi connectivity index (χ0n) is 11.8. The van der Waals surface area contributed by atoms with Gasteiger partial charge in [0.1, 0.15) is 0 Å². The van der Waals surface area contributed by atoms with Gasteiger partial charge >= 0.3 is 0 Å². The first-order chi connectivity index (χ1) is 9.90. The molecule has 0 saturated heterocycles. The number of alkyl halides is 1. The van der Waals surface area contributed by atoms with Crippen LogP contribution in [0, 0.1) is 23.4 Å². The van der Waals surface area contributed by atoms with Gasteiger partial charge in [-0.2, -0.15) is 0 Å². The molecule has 1 atom stereocenters. The van der Waals surface area contributed by atoms with Crippen molar-refractivity contribution in [2.75, 3.05) is 0 Å². The standard InChI is InChI=1S/C17H16ClF3/c1-10(2)9-11-3-5-12(6-4-11)15(18)13-7-8-14(19)17(21)16(13)20/h3-8,10,15H,9H2,1-2H3. The zero-order chi connectivity index (χ0) is 15.6. The Kier molecular flexibility index (Phi) is 4.94. The molecule has 0 N–H and O–H groups in total. The molecule has 0 amide bonds. The molecule has 2 aromatic rings. The maximum atomic E-state index is 13.8. The summed E-state index contributed by atoms with van der Waals surface area (Å²) in [7, 11) is 0. The normalized spacial score (nSPS) is 12.7. The van der Waals surface area contributed by atoms with Crippen molar-refractivity contribution >= 4 is 11.6 Å². The van der Waals surface area contributed by atoms with Crippen LogP contribution in [0.4, 0.5) is 13.2 Å². The highest BCUT2D eigenvalue weighted by molar-refractivity contribution is 6.22. The van der Waals surface area contributed by atoms with Gasteiger partial charge in [0.2, 0.25) is 0 Å². The highest BCUT2D eigenvalue weighted by Crippen LogP contribution is 2.32. The third-order valence-electron chi connectivity index (χ3n) is 3.25. The predicted octanol–water partition coefficient (Wildman–Crippen LogP) is 5.63. The molecule has 0 saturated carbocycles. The van der Waals surface area contributed by atoms with Crippen molar-refractivity contribution in [3.8, 4) is 0 Å². The van der Waals surface area contributed by atoms with Crippen LogP contribution in [0.2, 0.25) is 0 Å². The van der Waals surface area contributed by atoms with Crippen molar-refractivity contribution in [1.29, 1.82) is 0 Å². The second-order valence-electron chi connectivity index (χ2n) is 5.47. The molecule has 0 spiro atoms. The molecule has 0 aliphatic carbocycles. The van der Waals surface area contributed by atoms with E-state index < -0.39 is 22.8 Å². The minimum atomic E-state index is -1.49. The molecule has 0 bridgehead atoms. The lowest BCUT2D eigenvalue weighted by Gasteiger charge is -2.13. The lowest BCUT2D eigenvalue weighted by Crippen LogP contribution is -2.02. The maximum absolute atomic E-state index is 13.8. The van der Waals surface area contributed by atoms with Crippen LogP contribution < -0.4 is 0 Å². The van der Waals surface area contributed by atoms with Crippen molar-refractivity contribution in [2.45, 2.75) is 25.6 Å². The molecule has 0 heterocycles. The van der Waals surface area contributed by atoms with Crippen LogP contribution in [0.1, 0.15) is 35.9 Å². The first-order valence-electron chi connectivity index (χ1n) is 6.76. The second kappa shape index (κ2) is 6.52. The average molecular weight is 313 g/mol. The lowest BCUT2D eigenvalue weighted by atomic mass is 9.98. The van der Waals surface area contributed by atoms with Crippen LogP contribution in [0.15, 0.2) is 36.4 Å². The van der Waals surface area contributed by atoms with Crippen molar-refractivity contribution in [2.24, 2.45) is 5.92 Å². The second-order valence-corrected chi connectivity index (χ2v) is 5.90. The lowest BCUT2D eigenvalue weighted by molar-refractivity contribution is 0.441. The summed E-state index contributed by atoms with van der Waals surface area (Å²) in [6.07, 6.45) is 0.937. The van der Waals surface area contributed by atoms with E-state index >= 15 is 0 Å². The van der Waals surface area contributed by atoms with Gasteiger partial charge in [-0.05, 0) is 29.5 Å². The van der Waals surface area contributed by atoms with Gasteiger partial charge in [0, 0.05) is 5.56 Å². The van der Waals surface area contributed by atoms with Crippen molar-refractivity contribution in [3.63, 3.8) is 0 Å². The summed E-state index contributed by atoms with van der Waals surface area (Å²) in [6.45, 7) is 4.24. The van der Waals surface area contributed by atoms with Gasteiger partial charge in [-0.15, -0.1) is 11.6 Å². The molecule has 0 fully saturated rings. The van der Waals surface area contributed by atoms with Gasteiger partial charge < -0.3 is 0 Å². The van der Waals surface area contributed by atoms with Crippen molar-refractivity contribution < 1.29 is 13.2 Å². The summed E-state index contributed by atoms with van der Waals surface area (Å²) in [5.41, 5.74) is 1.74. The Morgan fingerprint density at radius 1 is 0.905 bits per heavy atom. The SMILES string of the molecule is CC(C)Cc1ccc(C(Cl)c2ccc(F)c(F)c2F)cc1. The van der Waals surface area contributed by atoms with Crippen molar-refractivity contribution in [3.05, 3.63) is 70.5 Å². The number of rotatable bonds is 4. The van der Waals surface area contributed by atoms with E-state index in [1.165, 1.54) is 6.07 Å². The van der Waals surface area contributed by atoms with E-state index in [0.717, 1.165) is 18.1 Å².